The molecular weight excluding hydrogens is 262 g/mol. The van der Waals surface area contributed by atoms with E-state index in [9.17, 15) is 0 Å². The van der Waals surface area contributed by atoms with Crippen LogP contribution < -0.4 is 5.32 Å². The van der Waals surface area contributed by atoms with Gasteiger partial charge in [-0.05, 0) is 44.4 Å². The van der Waals surface area contributed by atoms with Crippen LogP contribution in [-0.2, 0) is 22.6 Å². The van der Waals surface area contributed by atoms with Crippen molar-refractivity contribution in [3.05, 3.63) is 35.4 Å². The lowest BCUT2D eigenvalue weighted by molar-refractivity contribution is -0.0376. The summed E-state index contributed by atoms with van der Waals surface area (Å²) in [4.78, 5) is 0. The van der Waals surface area contributed by atoms with Gasteiger partial charge in [0.1, 0.15) is 0 Å². The first-order valence-electron chi connectivity index (χ1n) is 7.87. The highest BCUT2D eigenvalue weighted by Crippen LogP contribution is 2.08. The van der Waals surface area contributed by atoms with E-state index in [2.05, 4.69) is 64.2 Å². The quantitative estimate of drug-likeness (QED) is 0.703. The minimum Gasteiger partial charge on any atom is -0.374 e. The van der Waals surface area contributed by atoms with E-state index in [1.807, 2.05) is 0 Å². The Bertz CT molecular complexity index is 379. The molecule has 0 aliphatic heterocycles. The minimum absolute atomic E-state index is 0.0893. The first-order valence-corrected chi connectivity index (χ1v) is 7.87. The smallest absolute Gasteiger partial charge is 0.0718 e. The van der Waals surface area contributed by atoms with Crippen LogP contribution in [0.15, 0.2) is 24.3 Å². The Morgan fingerprint density at radius 2 is 1.62 bits per heavy atom. The molecule has 0 radical (unpaired) electrons. The molecule has 120 valence electrons. The van der Waals surface area contributed by atoms with Crippen molar-refractivity contribution in [3.8, 4) is 0 Å². The van der Waals surface area contributed by atoms with E-state index >= 15 is 0 Å². The Labute approximate surface area is 130 Å². The molecule has 1 aromatic rings. The maximum atomic E-state index is 5.63. The van der Waals surface area contributed by atoms with E-state index in [-0.39, 0.29) is 5.60 Å². The molecule has 0 spiro atoms. The molecule has 0 aliphatic rings. The lowest BCUT2D eigenvalue weighted by Crippen LogP contribution is -2.21. The van der Waals surface area contributed by atoms with Gasteiger partial charge in [-0.3, -0.25) is 0 Å². The number of rotatable bonds is 9. The molecule has 0 fully saturated rings. The van der Waals surface area contributed by atoms with Crippen molar-refractivity contribution in [1.29, 1.82) is 0 Å². The summed E-state index contributed by atoms with van der Waals surface area (Å²) in [6.07, 6.45) is 0. The molecule has 21 heavy (non-hydrogen) atoms. The second kappa shape index (κ2) is 9.19. The second-order valence-corrected chi connectivity index (χ2v) is 6.85. The lowest BCUT2D eigenvalue weighted by atomic mass is 10.1. The van der Waals surface area contributed by atoms with Crippen LogP contribution >= 0.6 is 0 Å². The van der Waals surface area contributed by atoms with Crippen LogP contribution in [0.25, 0.3) is 0 Å². The second-order valence-electron chi connectivity index (χ2n) is 6.85. The van der Waals surface area contributed by atoms with E-state index in [0.29, 0.717) is 25.7 Å². The Morgan fingerprint density at radius 1 is 1.00 bits per heavy atom. The van der Waals surface area contributed by atoms with Gasteiger partial charge in [0.25, 0.3) is 0 Å². The molecule has 0 bridgehead atoms. The third-order valence-electron chi connectivity index (χ3n) is 2.94. The molecule has 0 amide bonds. The van der Waals surface area contributed by atoms with Gasteiger partial charge < -0.3 is 14.8 Å². The summed E-state index contributed by atoms with van der Waals surface area (Å²) >= 11 is 0. The van der Waals surface area contributed by atoms with Gasteiger partial charge in [-0.25, -0.2) is 0 Å². The molecule has 3 heteroatoms. The van der Waals surface area contributed by atoms with Crippen molar-refractivity contribution in [2.75, 3.05) is 19.8 Å². The predicted octanol–water partition coefficient (Wildman–Crippen LogP) is 3.76. The Kier molecular flexibility index (Phi) is 7.94. The van der Waals surface area contributed by atoms with E-state index in [1.54, 1.807) is 0 Å². The van der Waals surface area contributed by atoms with Crippen molar-refractivity contribution >= 4 is 0 Å². The number of benzene rings is 1. The Hall–Kier alpha value is -0.900. The van der Waals surface area contributed by atoms with Crippen LogP contribution in [0.3, 0.4) is 0 Å². The molecule has 0 saturated carbocycles. The summed E-state index contributed by atoms with van der Waals surface area (Å²) in [7, 11) is 0. The Balaban J connectivity index is 2.19. The molecule has 1 rings (SSSR count). The van der Waals surface area contributed by atoms with Gasteiger partial charge in [0, 0.05) is 6.54 Å². The largest absolute Gasteiger partial charge is 0.374 e. The zero-order valence-corrected chi connectivity index (χ0v) is 14.2. The van der Waals surface area contributed by atoms with Gasteiger partial charge in [0.15, 0.2) is 0 Å². The highest BCUT2D eigenvalue weighted by molar-refractivity contribution is 5.21. The third-order valence-corrected chi connectivity index (χ3v) is 2.94. The van der Waals surface area contributed by atoms with Crippen molar-refractivity contribution in [1.82, 2.24) is 5.32 Å². The van der Waals surface area contributed by atoms with Crippen LogP contribution in [0.4, 0.5) is 0 Å². The molecule has 0 aromatic heterocycles. The van der Waals surface area contributed by atoms with Gasteiger partial charge in [-0.15, -0.1) is 0 Å². The van der Waals surface area contributed by atoms with Gasteiger partial charge >= 0.3 is 0 Å². The van der Waals surface area contributed by atoms with Crippen LogP contribution in [0.5, 0.6) is 0 Å². The fraction of sp³-hybridized carbons (Fsp3) is 0.667. The van der Waals surface area contributed by atoms with Crippen LogP contribution in [0.1, 0.15) is 45.7 Å². The van der Waals surface area contributed by atoms with E-state index < -0.39 is 0 Å². The average Bonchev–Trinajstić information content (AvgIpc) is 2.38. The molecule has 1 aromatic carbocycles. The first kappa shape index (κ1) is 18.1. The molecule has 0 heterocycles. The number of ether oxygens (including phenoxy) is 2. The van der Waals surface area contributed by atoms with Gasteiger partial charge in [0.05, 0.1) is 25.4 Å². The zero-order chi connectivity index (χ0) is 15.7. The maximum absolute atomic E-state index is 5.63. The fourth-order valence-electron chi connectivity index (χ4n) is 1.86. The third kappa shape index (κ3) is 9.62. The average molecular weight is 293 g/mol. The fourth-order valence-corrected chi connectivity index (χ4v) is 1.86. The highest BCUT2D eigenvalue weighted by atomic mass is 16.5. The highest BCUT2D eigenvalue weighted by Gasteiger charge is 2.08. The maximum Gasteiger partial charge on any atom is 0.0718 e. The number of nitrogens with one attached hydrogen (secondary N) is 1. The van der Waals surface area contributed by atoms with E-state index in [4.69, 9.17) is 9.47 Å². The van der Waals surface area contributed by atoms with Crippen LogP contribution in [0, 0.1) is 5.92 Å². The molecule has 0 saturated heterocycles. The molecular formula is C18H31NO2. The van der Waals surface area contributed by atoms with Gasteiger partial charge in [-0.1, -0.05) is 38.1 Å². The van der Waals surface area contributed by atoms with E-state index in [1.165, 1.54) is 11.1 Å². The topological polar surface area (TPSA) is 30.5 Å². The standard InChI is InChI=1S/C18H31NO2/c1-15(2)12-19-13-16-6-8-17(9-7-16)14-20-10-11-21-18(3,4)5/h6-9,15,19H,10-14H2,1-5H3. The van der Waals surface area contributed by atoms with Crippen molar-refractivity contribution in [2.24, 2.45) is 5.92 Å². The van der Waals surface area contributed by atoms with Crippen molar-refractivity contribution < 1.29 is 9.47 Å². The summed E-state index contributed by atoms with van der Waals surface area (Å²) in [6.45, 7) is 14.5. The summed E-state index contributed by atoms with van der Waals surface area (Å²) in [5.74, 6) is 0.688. The first-order chi connectivity index (χ1) is 9.87. The predicted molar refractivity (Wildman–Crippen MR) is 88.3 cm³/mol. The molecule has 0 atom stereocenters. The lowest BCUT2D eigenvalue weighted by Gasteiger charge is -2.19. The monoisotopic (exact) mass is 293 g/mol. The minimum atomic E-state index is -0.0893. The number of hydrogen-bond acceptors (Lipinski definition) is 3. The SMILES string of the molecule is CC(C)CNCc1ccc(COCCOC(C)(C)C)cc1. The normalized spacial score (nSPS) is 12.1. The summed E-state index contributed by atoms with van der Waals surface area (Å²) in [6, 6.07) is 8.60. The van der Waals surface area contributed by atoms with Crippen molar-refractivity contribution in [2.45, 2.75) is 53.4 Å². The summed E-state index contributed by atoms with van der Waals surface area (Å²) < 4.78 is 11.2. The zero-order valence-electron chi connectivity index (χ0n) is 14.2. The summed E-state index contributed by atoms with van der Waals surface area (Å²) in [5.41, 5.74) is 2.43. The van der Waals surface area contributed by atoms with Crippen LogP contribution in [0.2, 0.25) is 0 Å². The summed E-state index contributed by atoms with van der Waals surface area (Å²) in [5, 5.41) is 3.45. The number of hydrogen-bond donors (Lipinski definition) is 1. The Morgan fingerprint density at radius 3 is 2.19 bits per heavy atom. The molecule has 3 nitrogen and oxygen atoms in total. The van der Waals surface area contributed by atoms with Crippen molar-refractivity contribution in [3.63, 3.8) is 0 Å². The van der Waals surface area contributed by atoms with Gasteiger partial charge in [0.2, 0.25) is 0 Å². The van der Waals surface area contributed by atoms with E-state index in [0.717, 1.165) is 13.1 Å². The molecule has 0 aliphatic carbocycles. The van der Waals surface area contributed by atoms with Gasteiger partial charge in [-0.2, -0.15) is 0 Å². The van der Waals surface area contributed by atoms with Crippen LogP contribution in [-0.4, -0.2) is 25.4 Å². The molecule has 1 N–H and O–H groups in total. The molecule has 0 unspecified atom stereocenters.